The SMILES string of the molecule is CC(C)(O)[C@@]12CC[C@]3(C)[C@@H](O[Si](C)(C)C(C)(C)C)CCC[C@@]3(O)[C@@H]1O2. The number of hydrogen-bond donors (Lipinski definition) is 2. The first kappa shape index (κ1) is 19.8. The zero-order chi connectivity index (χ0) is 19.1. The van der Waals surface area contributed by atoms with E-state index in [9.17, 15) is 10.2 Å². The van der Waals surface area contributed by atoms with Crippen LogP contribution in [0.5, 0.6) is 0 Å². The van der Waals surface area contributed by atoms with Crippen molar-refractivity contribution in [2.45, 2.75) is 121 Å². The number of ether oxygens (including phenoxy) is 1. The van der Waals surface area contributed by atoms with Gasteiger partial charge in [-0.25, -0.2) is 0 Å². The molecule has 0 aromatic heterocycles. The lowest BCUT2D eigenvalue weighted by Gasteiger charge is -2.58. The minimum Gasteiger partial charge on any atom is -0.413 e. The van der Waals surface area contributed by atoms with Crippen LogP contribution in [0.15, 0.2) is 0 Å². The first-order valence-electron chi connectivity index (χ1n) is 9.91. The van der Waals surface area contributed by atoms with Crippen molar-refractivity contribution in [3.63, 3.8) is 0 Å². The quantitative estimate of drug-likeness (QED) is 0.582. The largest absolute Gasteiger partial charge is 0.413 e. The zero-order valence-electron chi connectivity index (χ0n) is 17.4. The zero-order valence-corrected chi connectivity index (χ0v) is 18.4. The molecule has 0 bridgehead atoms. The van der Waals surface area contributed by atoms with E-state index in [2.05, 4.69) is 40.8 Å². The lowest BCUT2D eigenvalue weighted by Crippen LogP contribution is -2.67. The molecule has 0 spiro atoms. The van der Waals surface area contributed by atoms with Gasteiger partial charge in [-0.2, -0.15) is 0 Å². The summed E-state index contributed by atoms with van der Waals surface area (Å²) in [5.74, 6) is 0. The van der Waals surface area contributed by atoms with E-state index in [0.29, 0.717) is 0 Å². The highest BCUT2D eigenvalue weighted by molar-refractivity contribution is 6.74. The van der Waals surface area contributed by atoms with Crippen molar-refractivity contribution in [3.8, 4) is 0 Å². The van der Waals surface area contributed by atoms with Gasteiger partial charge in [0.1, 0.15) is 17.3 Å². The summed E-state index contributed by atoms with van der Waals surface area (Å²) < 4.78 is 12.9. The molecule has 0 amide bonds. The first-order valence-corrected chi connectivity index (χ1v) is 12.8. The van der Waals surface area contributed by atoms with Gasteiger partial charge in [0.05, 0.1) is 11.7 Å². The Bertz CT molecular complexity index is 549. The Morgan fingerprint density at radius 3 is 2.20 bits per heavy atom. The first-order chi connectivity index (χ1) is 11.1. The summed E-state index contributed by atoms with van der Waals surface area (Å²) in [5.41, 5.74) is -2.73. The summed E-state index contributed by atoms with van der Waals surface area (Å²) in [4.78, 5) is 0. The summed E-state index contributed by atoms with van der Waals surface area (Å²) in [6.07, 6.45) is 4.12. The van der Waals surface area contributed by atoms with E-state index in [1.165, 1.54) is 0 Å². The van der Waals surface area contributed by atoms with Crippen LogP contribution in [0.2, 0.25) is 18.1 Å². The van der Waals surface area contributed by atoms with Crippen molar-refractivity contribution in [3.05, 3.63) is 0 Å². The van der Waals surface area contributed by atoms with Gasteiger partial charge in [-0.3, -0.25) is 0 Å². The number of hydrogen-bond acceptors (Lipinski definition) is 4. The van der Waals surface area contributed by atoms with Gasteiger partial charge in [0.2, 0.25) is 0 Å². The van der Waals surface area contributed by atoms with Crippen molar-refractivity contribution >= 4 is 8.32 Å². The Morgan fingerprint density at radius 1 is 1.08 bits per heavy atom. The van der Waals surface area contributed by atoms with Crippen molar-refractivity contribution in [2.75, 3.05) is 0 Å². The van der Waals surface area contributed by atoms with Crippen LogP contribution < -0.4 is 0 Å². The van der Waals surface area contributed by atoms with Crippen molar-refractivity contribution in [1.29, 1.82) is 0 Å². The Hall–Kier alpha value is 0.0569. The topological polar surface area (TPSA) is 62.2 Å². The second kappa shape index (κ2) is 5.31. The molecule has 1 heterocycles. The molecule has 2 N–H and O–H groups in total. The van der Waals surface area contributed by atoms with Crippen LogP contribution in [0.25, 0.3) is 0 Å². The highest BCUT2D eigenvalue weighted by Gasteiger charge is 2.79. The average Bonchev–Trinajstić information content (AvgIpc) is 3.17. The third kappa shape index (κ3) is 2.60. The van der Waals surface area contributed by atoms with Gasteiger partial charge in [-0.15, -0.1) is 0 Å². The summed E-state index contributed by atoms with van der Waals surface area (Å²) in [7, 11) is -1.91. The molecule has 2 saturated carbocycles. The van der Waals surface area contributed by atoms with Crippen LogP contribution in [0.1, 0.15) is 73.6 Å². The second-order valence-electron chi connectivity index (χ2n) is 11.0. The summed E-state index contributed by atoms with van der Waals surface area (Å²) in [6, 6.07) is 0. The van der Waals surface area contributed by atoms with Crippen molar-refractivity contribution in [2.24, 2.45) is 5.41 Å². The average molecular weight is 371 g/mol. The van der Waals surface area contributed by atoms with E-state index >= 15 is 0 Å². The minimum atomic E-state index is -1.91. The lowest BCUT2D eigenvalue weighted by atomic mass is 9.53. The molecule has 0 unspecified atom stereocenters. The Labute approximate surface area is 154 Å². The Balaban J connectivity index is 1.90. The predicted octanol–water partition coefficient (Wildman–Crippen LogP) is 4.00. The Morgan fingerprint density at radius 2 is 1.68 bits per heavy atom. The van der Waals surface area contributed by atoms with Gasteiger partial charge < -0.3 is 19.4 Å². The second-order valence-corrected chi connectivity index (χ2v) is 15.8. The van der Waals surface area contributed by atoms with Crippen LogP contribution in [0.4, 0.5) is 0 Å². The van der Waals surface area contributed by atoms with E-state index in [1.54, 1.807) is 0 Å². The van der Waals surface area contributed by atoms with Crippen LogP contribution in [-0.4, -0.2) is 47.5 Å². The molecule has 5 heteroatoms. The normalized spacial score (nSPS) is 44.9. The molecule has 0 aromatic rings. The van der Waals surface area contributed by atoms with Gasteiger partial charge >= 0.3 is 0 Å². The molecule has 3 rings (SSSR count). The van der Waals surface area contributed by atoms with E-state index in [0.717, 1.165) is 32.1 Å². The standard InChI is InChI=1S/C20H38O4Si/c1-16(2,3)25(7,8)24-14-10-9-11-19(22)15-20(23-15,17(4,5)21)13-12-18(14,19)6/h14-15,21-22H,9-13H2,1-8H3/t14-,15-,18+,19+,20+/m0/s1. The Kier molecular flexibility index (Phi) is 4.21. The molecule has 5 atom stereocenters. The van der Waals surface area contributed by atoms with E-state index < -0.39 is 25.1 Å². The molecule has 146 valence electrons. The molecule has 0 radical (unpaired) electrons. The van der Waals surface area contributed by atoms with E-state index in [-0.39, 0.29) is 22.7 Å². The molecular formula is C20H38O4Si. The van der Waals surface area contributed by atoms with Gasteiger partial charge in [0.15, 0.2) is 8.32 Å². The molecular weight excluding hydrogens is 332 g/mol. The summed E-state index contributed by atoms with van der Waals surface area (Å²) in [5, 5.41) is 22.5. The smallest absolute Gasteiger partial charge is 0.192 e. The van der Waals surface area contributed by atoms with Crippen LogP contribution in [0.3, 0.4) is 0 Å². The maximum absolute atomic E-state index is 11.8. The molecule has 25 heavy (non-hydrogen) atoms. The van der Waals surface area contributed by atoms with Crippen LogP contribution in [0, 0.1) is 5.41 Å². The van der Waals surface area contributed by atoms with E-state index in [4.69, 9.17) is 9.16 Å². The lowest BCUT2D eigenvalue weighted by molar-refractivity contribution is -0.186. The molecule has 1 saturated heterocycles. The summed E-state index contributed by atoms with van der Waals surface area (Å²) >= 11 is 0. The van der Waals surface area contributed by atoms with Crippen molar-refractivity contribution < 1.29 is 19.4 Å². The number of epoxide rings is 1. The molecule has 2 aliphatic carbocycles. The highest BCUT2D eigenvalue weighted by atomic mass is 28.4. The third-order valence-corrected chi connectivity index (χ3v) is 12.6. The van der Waals surface area contributed by atoms with Crippen molar-refractivity contribution in [1.82, 2.24) is 0 Å². The predicted molar refractivity (Wildman–Crippen MR) is 102 cm³/mol. The summed E-state index contributed by atoms with van der Waals surface area (Å²) in [6.45, 7) is 17.2. The van der Waals surface area contributed by atoms with Gasteiger partial charge in [0, 0.05) is 5.41 Å². The molecule has 3 fully saturated rings. The minimum absolute atomic E-state index is 0.0659. The molecule has 3 aliphatic rings. The van der Waals surface area contributed by atoms with Gasteiger partial charge in [0.25, 0.3) is 0 Å². The monoisotopic (exact) mass is 370 g/mol. The fourth-order valence-corrected chi connectivity index (χ4v) is 6.48. The highest BCUT2D eigenvalue weighted by Crippen LogP contribution is 2.67. The maximum atomic E-state index is 11.8. The number of fused-ring (bicyclic) bond motifs is 3. The third-order valence-electron chi connectivity index (χ3n) is 8.15. The fourth-order valence-electron chi connectivity index (χ4n) is 5.04. The van der Waals surface area contributed by atoms with Crippen LogP contribution in [-0.2, 0) is 9.16 Å². The maximum Gasteiger partial charge on any atom is 0.192 e. The molecule has 4 nitrogen and oxygen atoms in total. The van der Waals surface area contributed by atoms with Gasteiger partial charge in [-0.1, -0.05) is 27.7 Å². The number of rotatable bonds is 3. The molecule has 0 aromatic carbocycles. The number of aliphatic hydroxyl groups is 2. The van der Waals surface area contributed by atoms with E-state index in [1.807, 2.05) is 13.8 Å². The fraction of sp³-hybridized carbons (Fsp3) is 1.00. The van der Waals surface area contributed by atoms with Gasteiger partial charge in [-0.05, 0) is 64.1 Å². The molecule has 1 aliphatic heterocycles. The van der Waals surface area contributed by atoms with Crippen LogP contribution >= 0.6 is 0 Å².